The molecule has 1 atom stereocenters. The van der Waals surface area contributed by atoms with Crippen molar-refractivity contribution in [2.75, 3.05) is 33.9 Å². The van der Waals surface area contributed by atoms with E-state index in [1.54, 1.807) is 18.9 Å². The van der Waals surface area contributed by atoms with Crippen LogP contribution in [0.15, 0.2) is 29.5 Å². The monoisotopic (exact) mass is 397 g/mol. The van der Waals surface area contributed by atoms with Crippen LogP contribution in [0.2, 0.25) is 0 Å². The molecule has 0 radical (unpaired) electrons. The van der Waals surface area contributed by atoms with E-state index in [2.05, 4.69) is 10.4 Å². The maximum Gasteiger partial charge on any atom is 0.322 e. The van der Waals surface area contributed by atoms with Crippen LogP contribution in [0.5, 0.6) is 5.75 Å². The summed E-state index contributed by atoms with van der Waals surface area (Å²) in [5.41, 5.74) is 3.80. The summed E-state index contributed by atoms with van der Waals surface area (Å²) >= 11 is 0. The number of carbonyl (C=O) groups is 1. The Bertz CT molecular complexity index is 936. The number of carbonyl (C=O) groups excluding carboxylic acids is 1. The average Bonchev–Trinajstić information content (AvgIpc) is 3.44. The second-order valence-electron chi connectivity index (χ2n) is 7.59. The molecule has 1 saturated heterocycles. The summed E-state index contributed by atoms with van der Waals surface area (Å²) in [4.78, 5) is 19.4. The number of hydrogen-bond donors (Lipinski definition) is 1. The first-order valence-corrected chi connectivity index (χ1v) is 9.90. The van der Waals surface area contributed by atoms with Gasteiger partial charge in [-0.3, -0.25) is 10.00 Å². The van der Waals surface area contributed by atoms with Crippen molar-refractivity contribution in [3.05, 3.63) is 30.1 Å². The topological polar surface area (TPSA) is 81.0 Å². The molecule has 8 nitrogen and oxygen atoms in total. The number of urea groups is 1. The standard InChI is InChI=1S/C21H27N5O3/c1-25-13-15(11-22-25)16-4-5-18(29-3)17-10-19(23-20(16)17)24-21(27)26-8-6-14(12-26)7-9-28-2/h4-5,11,13-14H,6-10,12H2,1-3H3,(H,23,24,27). The number of ether oxygens (including phenoxy) is 2. The van der Waals surface area contributed by atoms with E-state index in [9.17, 15) is 4.79 Å². The van der Waals surface area contributed by atoms with E-state index in [1.807, 2.05) is 36.5 Å². The van der Waals surface area contributed by atoms with Crippen molar-refractivity contribution in [1.29, 1.82) is 0 Å². The fraction of sp³-hybridized carbons (Fsp3) is 0.476. The van der Waals surface area contributed by atoms with Gasteiger partial charge < -0.3 is 14.4 Å². The van der Waals surface area contributed by atoms with E-state index >= 15 is 0 Å². The molecule has 3 heterocycles. The number of aromatic nitrogens is 2. The molecule has 2 amide bonds. The Morgan fingerprint density at radius 3 is 2.93 bits per heavy atom. The third kappa shape index (κ3) is 3.98. The van der Waals surface area contributed by atoms with Crippen molar-refractivity contribution in [3.8, 4) is 16.9 Å². The molecule has 4 rings (SSSR count). The van der Waals surface area contributed by atoms with E-state index in [1.165, 1.54) is 0 Å². The Balaban J connectivity index is 1.50. The first kappa shape index (κ1) is 19.4. The van der Waals surface area contributed by atoms with Crippen LogP contribution >= 0.6 is 0 Å². The van der Waals surface area contributed by atoms with Gasteiger partial charge >= 0.3 is 6.03 Å². The number of methoxy groups -OCH3 is 2. The molecule has 8 heteroatoms. The summed E-state index contributed by atoms with van der Waals surface area (Å²) in [5, 5.41) is 7.27. The molecule has 1 unspecified atom stereocenters. The van der Waals surface area contributed by atoms with E-state index < -0.39 is 0 Å². The normalized spacial score (nSPS) is 18.0. The number of nitrogens with zero attached hydrogens (tertiary/aromatic N) is 4. The zero-order chi connectivity index (χ0) is 20.4. The molecule has 1 aromatic carbocycles. The molecular weight excluding hydrogens is 370 g/mol. The zero-order valence-corrected chi connectivity index (χ0v) is 17.1. The summed E-state index contributed by atoms with van der Waals surface area (Å²) in [6, 6.07) is 3.85. The van der Waals surface area contributed by atoms with Gasteiger partial charge in [0, 0.05) is 63.2 Å². The molecule has 1 aromatic heterocycles. The second kappa shape index (κ2) is 8.24. The molecule has 1 N–H and O–H groups in total. The molecule has 0 bridgehead atoms. The van der Waals surface area contributed by atoms with Crippen LogP contribution in [-0.4, -0.2) is 60.5 Å². The fourth-order valence-electron chi connectivity index (χ4n) is 4.05. The SMILES string of the molecule is COCCC1CCN(C(=O)NC2=Nc3c(-c4cnn(C)c4)ccc(OC)c3C2)C1. The molecule has 0 spiro atoms. The minimum Gasteiger partial charge on any atom is -0.496 e. The van der Waals surface area contributed by atoms with Crippen molar-refractivity contribution in [3.63, 3.8) is 0 Å². The van der Waals surface area contributed by atoms with Crippen molar-refractivity contribution in [2.45, 2.75) is 19.3 Å². The number of fused-ring (bicyclic) bond motifs is 1. The van der Waals surface area contributed by atoms with Crippen molar-refractivity contribution >= 4 is 17.6 Å². The largest absolute Gasteiger partial charge is 0.496 e. The van der Waals surface area contributed by atoms with Gasteiger partial charge in [-0.15, -0.1) is 0 Å². The Kier molecular flexibility index (Phi) is 5.53. The van der Waals surface area contributed by atoms with Crippen LogP contribution < -0.4 is 10.1 Å². The van der Waals surface area contributed by atoms with Crippen LogP contribution in [0.25, 0.3) is 11.1 Å². The predicted molar refractivity (Wildman–Crippen MR) is 111 cm³/mol. The highest BCUT2D eigenvalue weighted by Crippen LogP contribution is 2.42. The lowest BCUT2D eigenvalue weighted by Crippen LogP contribution is -2.41. The predicted octanol–water partition coefficient (Wildman–Crippen LogP) is 2.75. The Morgan fingerprint density at radius 2 is 2.21 bits per heavy atom. The van der Waals surface area contributed by atoms with E-state index in [4.69, 9.17) is 14.5 Å². The lowest BCUT2D eigenvalue weighted by atomic mass is 10.0. The number of aliphatic imine (C=N–C) groups is 1. The first-order chi connectivity index (χ1) is 14.1. The number of nitrogens with one attached hydrogen (secondary N) is 1. The van der Waals surface area contributed by atoms with Gasteiger partial charge in [0.05, 0.1) is 19.0 Å². The summed E-state index contributed by atoms with van der Waals surface area (Å²) in [5.74, 6) is 1.93. The highest BCUT2D eigenvalue weighted by molar-refractivity contribution is 6.04. The minimum absolute atomic E-state index is 0.0848. The van der Waals surface area contributed by atoms with Gasteiger partial charge in [-0.1, -0.05) is 0 Å². The second-order valence-corrected chi connectivity index (χ2v) is 7.59. The van der Waals surface area contributed by atoms with Crippen LogP contribution in [0.1, 0.15) is 18.4 Å². The molecule has 2 aromatic rings. The average molecular weight is 397 g/mol. The lowest BCUT2D eigenvalue weighted by Gasteiger charge is -2.17. The van der Waals surface area contributed by atoms with Crippen LogP contribution in [0.3, 0.4) is 0 Å². The number of amides is 2. The highest BCUT2D eigenvalue weighted by Gasteiger charge is 2.29. The number of likely N-dealkylation sites (tertiary alicyclic amines) is 1. The number of rotatable bonds is 5. The smallest absolute Gasteiger partial charge is 0.322 e. The maximum atomic E-state index is 12.7. The number of aryl methyl sites for hydroxylation is 1. The zero-order valence-electron chi connectivity index (χ0n) is 17.1. The highest BCUT2D eigenvalue weighted by atomic mass is 16.5. The van der Waals surface area contributed by atoms with Gasteiger partial charge in [-0.05, 0) is 30.9 Å². The molecule has 0 saturated carbocycles. The maximum absolute atomic E-state index is 12.7. The number of benzene rings is 1. The lowest BCUT2D eigenvalue weighted by molar-refractivity contribution is 0.176. The Labute approximate surface area is 170 Å². The van der Waals surface area contributed by atoms with Gasteiger partial charge in [-0.2, -0.15) is 5.10 Å². The summed E-state index contributed by atoms with van der Waals surface area (Å²) in [6.45, 7) is 2.27. The van der Waals surface area contributed by atoms with E-state index in [0.717, 1.165) is 60.7 Å². The minimum atomic E-state index is -0.0848. The number of hydrogen-bond acceptors (Lipinski definition) is 5. The summed E-state index contributed by atoms with van der Waals surface area (Å²) in [6.07, 6.45) is 6.32. The van der Waals surface area contributed by atoms with Gasteiger partial charge in [0.15, 0.2) is 0 Å². The van der Waals surface area contributed by atoms with E-state index in [0.29, 0.717) is 18.2 Å². The quantitative estimate of drug-likeness (QED) is 0.841. The summed E-state index contributed by atoms with van der Waals surface area (Å²) < 4.78 is 12.5. The fourth-order valence-corrected chi connectivity index (χ4v) is 4.05. The number of amidine groups is 1. The van der Waals surface area contributed by atoms with Crippen LogP contribution in [-0.2, 0) is 18.2 Å². The van der Waals surface area contributed by atoms with Gasteiger partial charge in [0.2, 0.25) is 0 Å². The third-order valence-electron chi connectivity index (χ3n) is 5.62. The molecule has 1 fully saturated rings. The molecule has 0 aliphatic carbocycles. The third-order valence-corrected chi connectivity index (χ3v) is 5.62. The molecular formula is C21H27N5O3. The van der Waals surface area contributed by atoms with Gasteiger partial charge in [-0.25, -0.2) is 9.79 Å². The van der Waals surface area contributed by atoms with Crippen molar-refractivity contribution in [2.24, 2.45) is 18.0 Å². The Hall–Kier alpha value is -2.87. The van der Waals surface area contributed by atoms with Crippen molar-refractivity contribution in [1.82, 2.24) is 20.0 Å². The van der Waals surface area contributed by atoms with Crippen LogP contribution in [0, 0.1) is 5.92 Å². The first-order valence-electron chi connectivity index (χ1n) is 9.90. The van der Waals surface area contributed by atoms with Crippen molar-refractivity contribution < 1.29 is 14.3 Å². The van der Waals surface area contributed by atoms with E-state index in [-0.39, 0.29) is 6.03 Å². The molecule has 2 aliphatic heterocycles. The summed E-state index contributed by atoms with van der Waals surface area (Å²) in [7, 11) is 5.25. The molecule has 29 heavy (non-hydrogen) atoms. The van der Waals surface area contributed by atoms with Gasteiger partial charge in [0.25, 0.3) is 0 Å². The Morgan fingerprint density at radius 1 is 1.34 bits per heavy atom. The molecule has 2 aliphatic rings. The van der Waals surface area contributed by atoms with Crippen LogP contribution in [0.4, 0.5) is 10.5 Å². The van der Waals surface area contributed by atoms with Gasteiger partial charge in [0.1, 0.15) is 11.6 Å². The molecule has 154 valence electrons.